The molecule has 5 heteroatoms. The fourth-order valence-corrected chi connectivity index (χ4v) is 2.07. The van der Waals surface area contributed by atoms with Crippen molar-refractivity contribution in [1.82, 2.24) is 9.97 Å². The first-order chi connectivity index (χ1) is 7.66. The number of benzene rings is 1. The molecule has 2 heterocycles. The third-order valence-corrected chi connectivity index (χ3v) is 2.75. The number of fused-ring (bicyclic) bond motifs is 3. The normalized spacial score (nSPS) is 13.8. The predicted molar refractivity (Wildman–Crippen MR) is 58.0 cm³/mol. The monoisotopic (exact) mass is 218 g/mol. The summed E-state index contributed by atoms with van der Waals surface area (Å²) in [5.74, 6) is 1.04. The summed E-state index contributed by atoms with van der Waals surface area (Å²) in [5, 5.41) is 10.1. The van der Waals surface area contributed by atoms with Crippen LogP contribution in [0.25, 0.3) is 10.9 Å². The molecule has 1 aliphatic heterocycles. The Balaban J connectivity index is 2.53. The van der Waals surface area contributed by atoms with E-state index in [0.29, 0.717) is 35.5 Å². The summed E-state index contributed by atoms with van der Waals surface area (Å²) in [7, 11) is 0. The number of aromatic amines is 1. The van der Waals surface area contributed by atoms with E-state index >= 15 is 0 Å². The molecule has 0 bridgehead atoms. The number of phenolic OH excluding ortho intramolecular Hbond substituents is 1. The molecule has 0 saturated heterocycles. The molecule has 1 aliphatic rings. The minimum absolute atomic E-state index is 0.0103. The van der Waals surface area contributed by atoms with Crippen LogP contribution in [0.15, 0.2) is 10.9 Å². The molecule has 0 fully saturated rings. The van der Waals surface area contributed by atoms with Gasteiger partial charge in [0.1, 0.15) is 5.82 Å². The third kappa shape index (κ3) is 1.11. The topological polar surface area (TPSA) is 75.2 Å². The van der Waals surface area contributed by atoms with Crippen molar-refractivity contribution < 1.29 is 9.84 Å². The molecule has 3 rings (SSSR count). The quantitative estimate of drug-likeness (QED) is 0.688. The first-order valence-corrected chi connectivity index (χ1v) is 5.05. The van der Waals surface area contributed by atoms with Gasteiger partial charge in [0.15, 0.2) is 11.5 Å². The van der Waals surface area contributed by atoms with Gasteiger partial charge in [0, 0.05) is 12.0 Å². The number of hydrogen-bond acceptors (Lipinski definition) is 4. The van der Waals surface area contributed by atoms with Gasteiger partial charge in [-0.2, -0.15) is 0 Å². The molecule has 1 aromatic heterocycles. The van der Waals surface area contributed by atoms with Crippen LogP contribution in [-0.2, 0) is 6.42 Å². The highest BCUT2D eigenvalue weighted by Gasteiger charge is 2.22. The molecular formula is C11H10N2O3. The van der Waals surface area contributed by atoms with Gasteiger partial charge in [-0.1, -0.05) is 0 Å². The molecule has 0 unspecified atom stereocenters. The van der Waals surface area contributed by atoms with Gasteiger partial charge in [-0.05, 0) is 13.0 Å². The number of aryl methyl sites for hydroxylation is 1. The van der Waals surface area contributed by atoms with E-state index in [1.54, 1.807) is 6.92 Å². The largest absolute Gasteiger partial charge is 0.504 e. The molecule has 1 aromatic carbocycles. The average molecular weight is 218 g/mol. The van der Waals surface area contributed by atoms with E-state index in [0.717, 1.165) is 5.56 Å². The van der Waals surface area contributed by atoms with Crippen molar-refractivity contribution in [2.75, 3.05) is 6.61 Å². The Morgan fingerprint density at radius 3 is 3.19 bits per heavy atom. The lowest BCUT2D eigenvalue weighted by atomic mass is 10.1. The minimum Gasteiger partial charge on any atom is -0.504 e. The van der Waals surface area contributed by atoms with Gasteiger partial charge in [0.25, 0.3) is 5.56 Å². The zero-order valence-electron chi connectivity index (χ0n) is 8.70. The molecule has 0 aliphatic carbocycles. The standard InChI is InChI=1S/C11H10N2O3/c1-5-12-9-6-2-3-16-10(6)8(14)4-7(9)11(15)13-5/h4,14H,2-3H2,1H3,(H,12,13,15). The average Bonchev–Trinajstić information content (AvgIpc) is 2.69. The van der Waals surface area contributed by atoms with Gasteiger partial charge in [-0.3, -0.25) is 4.79 Å². The molecule has 0 saturated carbocycles. The number of aromatic hydroxyl groups is 1. The molecule has 0 radical (unpaired) electrons. The zero-order valence-corrected chi connectivity index (χ0v) is 8.70. The number of hydrogen-bond donors (Lipinski definition) is 2. The number of nitrogens with zero attached hydrogens (tertiary/aromatic N) is 1. The Morgan fingerprint density at radius 1 is 1.56 bits per heavy atom. The number of rotatable bonds is 0. The Bertz CT molecular complexity index is 646. The molecular weight excluding hydrogens is 208 g/mol. The van der Waals surface area contributed by atoms with Crippen LogP contribution in [0.1, 0.15) is 11.4 Å². The first kappa shape index (κ1) is 9.21. The predicted octanol–water partition coefficient (Wildman–Crippen LogP) is 0.872. The third-order valence-electron chi connectivity index (χ3n) is 2.75. The summed E-state index contributed by atoms with van der Waals surface area (Å²) >= 11 is 0. The van der Waals surface area contributed by atoms with Gasteiger partial charge >= 0.3 is 0 Å². The van der Waals surface area contributed by atoms with Crippen molar-refractivity contribution in [3.05, 3.63) is 27.8 Å². The van der Waals surface area contributed by atoms with Crippen molar-refractivity contribution in [3.63, 3.8) is 0 Å². The van der Waals surface area contributed by atoms with Gasteiger partial charge in [0.2, 0.25) is 0 Å². The molecule has 2 N–H and O–H groups in total. The van der Waals surface area contributed by atoms with E-state index in [4.69, 9.17) is 4.74 Å². The van der Waals surface area contributed by atoms with Crippen molar-refractivity contribution >= 4 is 10.9 Å². The van der Waals surface area contributed by atoms with E-state index in [1.165, 1.54) is 6.07 Å². The van der Waals surface area contributed by atoms with Crippen LogP contribution >= 0.6 is 0 Å². The van der Waals surface area contributed by atoms with Crippen LogP contribution < -0.4 is 10.3 Å². The molecule has 0 amide bonds. The van der Waals surface area contributed by atoms with Gasteiger partial charge in [-0.25, -0.2) is 4.98 Å². The zero-order chi connectivity index (χ0) is 11.3. The Morgan fingerprint density at radius 2 is 2.38 bits per heavy atom. The summed E-state index contributed by atoms with van der Waals surface area (Å²) in [6.07, 6.45) is 0.677. The van der Waals surface area contributed by atoms with Crippen molar-refractivity contribution in [2.24, 2.45) is 0 Å². The SMILES string of the molecule is Cc1nc2c3c(c(O)cc2c(=O)[nH]1)OCC3. The number of phenols is 1. The minimum atomic E-state index is -0.229. The van der Waals surface area contributed by atoms with E-state index in [2.05, 4.69) is 9.97 Å². The lowest BCUT2D eigenvalue weighted by molar-refractivity contribution is 0.335. The van der Waals surface area contributed by atoms with E-state index in [9.17, 15) is 9.90 Å². The Kier molecular flexibility index (Phi) is 1.71. The number of nitrogens with one attached hydrogen (secondary N) is 1. The number of ether oxygens (including phenoxy) is 1. The van der Waals surface area contributed by atoms with E-state index in [1.807, 2.05) is 0 Å². The van der Waals surface area contributed by atoms with Crippen LogP contribution in [0.2, 0.25) is 0 Å². The lowest BCUT2D eigenvalue weighted by Gasteiger charge is -2.05. The molecule has 2 aromatic rings. The number of aromatic nitrogens is 2. The van der Waals surface area contributed by atoms with Crippen LogP contribution in [0, 0.1) is 6.92 Å². The maximum Gasteiger partial charge on any atom is 0.258 e. The van der Waals surface area contributed by atoms with Gasteiger partial charge in [-0.15, -0.1) is 0 Å². The fraction of sp³-hybridized carbons (Fsp3) is 0.273. The van der Waals surface area contributed by atoms with E-state index < -0.39 is 0 Å². The second-order valence-electron chi connectivity index (χ2n) is 3.85. The van der Waals surface area contributed by atoms with Crippen molar-refractivity contribution in [1.29, 1.82) is 0 Å². The summed E-state index contributed by atoms with van der Waals surface area (Å²) in [6, 6.07) is 1.41. The Labute approximate surface area is 90.7 Å². The van der Waals surface area contributed by atoms with Crippen molar-refractivity contribution in [2.45, 2.75) is 13.3 Å². The van der Waals surface area contributed by atoms with Crippen LogP contribution in [-0.4, -0.2) is 21.7 Å². The van der Waals surface area contributed by atoms with E-state index in [-0.39, 0.29) is 11.3 Å². The van der Waals surface area contributed by atoms with Crippen LogP contribution in [0.4, 0.5) is 0 Å². The molecule has 82 valence electrons. The first-order valence-electron chi connectivity index (χ1n) is 5.05. The highest BCUT2D eigenvalue weighted by atomic mass is 16.5. The smallest absolute Gasteiger partial charge is 0.258 e. The molecule has 0 atom stereocenters. The Hall–Kier alpha value is -2.04. The fourth-order valence-electron chi connectivity index (χ4n) is 2.07. The second kappa shape index (κ2) is 2.98. The maximum atomic E-state index is 11.7. The molecule has 5 nitrogen and oxygen atoms in total. The summed E-state index contributed by atoms with van der Waals surface area (Å²) in [5.41, 5.74) is 1.23. The van der Waals surface area contributed by atoms with Gasteiger partial charge < -0.3 is 14.8 Å². The van der Waals surface area contributed by atoms with Crippen molar-refractivity contribution in [3.8, 4) is 11.5 Å². The van der Waals surface area contributed by atoms with Crippen LogP contribution in [0.5, 0.6) is 11.5 Å². The molecule has 16 heavy (non-hydrogen) atoms. The highest BCUT2D eigenvalue weighted by Crippen LogP contribution is 2.38. The van der Waals surface area contributed by atoms with Gasteiger partial charge in [0.05, 0.1) is 17.5 Å². The number of H-pyrrole nitrogens is 1. The summed E-state index contributed by atoms with van der Waals surface area (Å²) in [6.45, 7) is 2.26. The second-order valence-corrected chi connectivity index (χ2v) is 3.85. The summed E-state index contributed by atoms with van der Waals surface area (Å²) < 4.78 is 5.31. The van der Waals surface area contributed by atoms with Crippen LogP contribution in [0.3, 0.4) is 0 Å². The lowest BCUT2D eigenvalue weighted by Crippen LogP contribution is -2.10. The summed E-state index contributed by atoms with van der Waals surface area (Å²) in [4.78, 5) is 18.6. The maximum absolute atomic E-state index is 11.7. The highest BCUT2D eigenvalue weighted by molar-refractivity contribution is 5.86. The molecule has 0 spiro atoms.